The number of hydrogen-bond donors (Lipinski definition) is 1. The zero-order chi connectivity index (χ0) is 17.8. The maximum absolute atomic E-state index is 12.5. The summed E-state index contributed by atoms with van der Waals surface area (Å²) in [6.07, 6.45) is 5.10. The summed E-state index contributed by atoms with van der Waals surface area (Å²) in [4.78, 5) is 13.7. The summed E-state index contributed by atoms with van der Waals surface area (Å²) in [6.45, 7) is 0.649. The molecule has 0 unspecified atom stereocenters. The maximum Gasteiger partial charge on any atom is 0.251 e. The predicted octanol–water partition coefficient (Wildman–Crippen LogP) is 4.78. The van der Waals surface area contributed by atoms with E-state index in [0.29, 0.717) is 18.6 Å². The van der Waals surface area contributed by atoms with Gasteiger partial charge in [-0.15, -0.1) is 11.8 Å². The average molecular weight is 368 g/mol. The highest BCUT2D eigenvalue weighted by Crippen LogP contribution is 2.44. The standard InChI is InChI=1S/C22H25NO2S/c24-22(23-21-15-16-6-7-18(21)14-16)17-8-10-19(11-9-17)25-12-13-26-20-4-2-1-3-5-20/h1-5,8-11,16,18,21H,6-7,12-15H2,(H,23,24)/t16-,18+,21+/m0/s1. The highest BCUT2D eigenvalue weighted by Gasteiger charge is 2.40. The lowest BCUT2D eigenvalue weighted by atomic mass is 9.95. The number of hydrogen-bond acceptors (Lipinski definition) is 3. The molecule has 1 N–H and O–H groups in total. The minimum Gasteiger partial charge on any atom is -0.493 e. The van der Waals surface area contributed by atoms with Gasteiger partial charge in [0.05, 0.1) is 6.61 Å². The van der Waals surface area contributed by atoms with Gasteiger partial charge in [-0.2, -0.15) is 0 Å². The molecule has 4 rings (SSSR count). The van der Waals surface area contributed by atoms with Crippen LogP contribution < -0.4 is 10.1 Å². The van der Waals surface area contributed by atoms with E-state index in [1.165, 1.54) is 24.2 Å². The first kappa shape index (κ1) is 17.5. The number of ether oxygens (including phenoxy) is 1. The zero-order valence-electron chi connectivity index (χ0n) is 14.9. The summed E-state index contributed by atoms with van der Waals surface area (Å²) < 4.78 is 5.78. The van der Waals surface area contributed by atoms with E-state index < -0.39 is 0 Å². The number of rotatable bonds is 7. The van der Waals surface area contributed by atoms with Crippen LogP contribution in [0.3, 0.4) is 0 Å². The number of carbonyl (C=O) groups is 1. The second-order valence-electron chi connectivity index (χ2n) is 7.29. The van der Waals surface area contributed by atoms with Crippen molar-refractivity contribution in [1.29, 1.82) is 0 Å². The molecule has 136 valence electrons. The van der Waals surface area contributed by atoms with Crippen molar-refractivity contribution in [2.24, 2.45) is 11.8 Å². The Hall–Kier alpha value is -1.94. The molecule has 3 atom stereocenters. The van der Waals surface area contributed by atoms with Gasteiger partial charge in [0.1, 0.15) is 5.75 Å². The van der Waals surface area contributed by atoms with Crippen LogP contribution in [0.5, 0.6) is 5.75 Å². The van der Waals surface area contributed by atoms with Gasteiger partial charge in [0.15, 0.2) is 0 Å². The fourth-order valence-electron chi connectivity index (χ4n) is 4.21. The van der Waals surface area contributed by atoms with Gasteiger partial charge in [0.25, 0.3) is 5.91 Å². The van der Waals surface area contributed by atoms with E-state index >= 15 is 0 Å². The summed E-state index contributed by atoms with van der Waals surface area (Å²) >= 11 is 1.78. The van der Waals surface area contributed by atoms with Crippen molar-refractivity contribution >= 4 is 17.7 Å². The van der Waals surface area contributed by atoms with Crippen LogP contribution in [0.15, 0.2) is 59.5 Å². The normalized spacial score (nSPS) is 23.8. The summed E-state index contributed by atoms with van der Waals surface area (Å²) in [5.74, 6) is 3.31. The number of thioether (sulfide) groups is 1. The molecule has 1 amide bonds. The molecule has 3 nitrogen and oxygen atoms in total. The van der Waals surface area contributed by atoms with E-state index in [0.717, 1.165) is 29.4 Å². The fraction of sp³-hybridized carbons (Fsp3) is 0.409. The van der Waals surface area contributed by atoms with Gasteiger partial charge in [-0.25, -0.2) is 0 Å². The lowest BCUT2D eigenvalue weighted by Crippen LogP contribution is -2.38. The zero-order valence-corrected chi connectivity index (χ0v) is 15.7. The lowest BCUT2D eigenvalue weighted by Gasteiger charge is -2.22. The van der Waals surface area contributed by atoms with Gasteiger partial charge >= 0.3 is 0 Å². The van der Waals surface area contributed by atoms with E-state index in [4.69, 9.17) is 4.74 Å². The highest BCUT2D eigenvalue weighted by molar-refractivity contribution is 7.99. The number of nitrogens with one attached hydrogen (secondary N) is 1. The van der Waals surface area contributed by atoms with Crippen molar-refractivity contribution in [3.8, 4) is 5.75 Å². The molecule has 0 spiro atoms. The molecule has 2 aromatic rings. The molecule has 26 heavy (non-hydrogen) atoms. The average Bonchev–Trinajstić information content (AvgIpc) is 3.30. The van der Waals surface area contributed by atoms with Crippen LogP contribution in [0, 0.1) is 11.8 Å². The third-order valence-corrected chi connectivity index (χ3v) is 6.51. The number of benzene rings is 2. The quantitative estimate of drug-likeness (QED) is 0.565. The van der Waals surface area contributed by atoms with Crippen molar-refractivity contribution in [3.63, 3.8) is 0 Å². The molecular weight excluding hydrogens is 342 g/mol. The van der Waals surface area contributed by atoms with E-state index in [-0.39, 0.29) is 5.91 Å². The molecule has 2 aliphatic carbocycles. The van der Waals surface area contributed by atoms with Crippen LogP contribution in [0.4, 0.5) is 0 Å². The van der Waals surface area contributed by atoms with Crippen molar-refractivity contribution in [2.75, 3.05) is 12.4 Å². The second-order valence-corrected chi connectivity index (χ2v) is 8.46. The molecule has 2 fully saturated rings. The van der Waals surface area contributed by atoms with E-state index in [1.54, 1.807) is 11.8 Å². The van der Waals surface area contributed by atoms with Gasteiger partial charge < -0.3 is 10.1 Å². The Balaban J connectivity index is 1.22. The Morgan fingerprint density at radius 2 is 1.85 bits per heavy atom. The largest absolute Gasteiger partial charge is 0.493 e. The Bertz CT molecular complexity index is 732. The molecule has 2 aliphatic rings. The Morgan fingerprint density at radius 1 is 1.04 bits per heavy atom. The Kier molecular flexibility index (Phi) is 5.49. The summed E-state index contributed by atoms with van der Waals surface area (Å²) in [5.41, 5.74) is 0.721. The summed E-state index contributed by atoms with van der Waals surface area (Å²) in [7, 11) is 0. The van der Waals surface area contributed by atoms with Crippen LogP contribution in [0.1, 0.15) is 36.0 Å². The number of amides is 1. The molecule has 0 aromatic heterocycles. The summed E-state index contributed by atoms with van der Waals surface area (Å²) in [5, 5.41) is 3.23. The highest BCUT2D eigenvalue weighted by atomic mass is 32.2. The van der Waals surface area contributed by atoms with Crippen LogP contribution in [-0.2, 0) is 0 Å². The van der Waals surface area contributed by atoms with Crippen molar-refractivity contribution in [2.45, 2.75) is 36.6 Å². The van der Waals surface area contributed by atoms with Crippen molar-refractivity contribution in [3.05, 3.63) is 60.2 Å². The molecule has 2 aromatic carbocycles. The molecule has 0 radical (unpaired) electrons. The molecule has 0 saturated heterocycles. The number of carbonyl (C=O) groups excluding carboxylic acids is 1. The smallest absolute Gasteiger partial charge is 0.251 e. The first-order valence-electron chi connectivity index (χ1n) is 9.49. The van der Waals surface area contributed by atoms with Gasteiger partial charge in [-0.1, -0.05) is 24.6 Å². The fourth-order valence-corrected chi connectivity index (χ4v) is 4.96. The first-order valence-corrected chi connectivity index (χ1v) is 10.5. The molecule has 0 aliphatic heterocycles. The van der Waals surface area contributed by atoms with Crippen LogP contribution in [0.2, 0.25) is 0 Å². The third kappa shape index (κ3) is 4.24. The lowest BCUT2D eigenvalue weighted by molar-refractivity contribution is 0.0923. The summed E-state index contributed by atoms with van der Waals surface area (Å²) in [6, 6.07) is 18.2. The van der Waals surface area contributed by atoms with E-state index in [1.807, 2.05) is 42.5 Å². The van der Waals surface area contributed by atoms with Crippen LogP contribution in [0.25, 0.3) is 0 Å². The van der Waals surface area contributed by atoms with Crippen molar-refractivity contribution < 1.29 is 9.53 Å². The molecule has 2 saturated carbocycles. The van der Waals surface area contributed by atoms with Crippen LogP contribution in [-0.4, -0.2) is 24.3 Å². The van der Waals surface area contributed by atoms with E-state index in [9.17, 15) is 4.79 Å². The van der Waals surface area contributed by atoms with Crippen LogP contribution >= 0.6 is 11.8 Å². The molecule has 4 heteroatoms. The molecule has 0 heterocycles. The minimum atomic E-state index is 0.0498. The SMILES string of the molecule is O=C(N[C@@H]1C[C@H]2CC[C@@H]1C2)c1ccc(OCCSc2ccccc2)cc1. The maximum atomic E-state index is 12.5. The first-order chi connectivity index (χ1) is 12.8. The second kappa shape index (κ2) is 8.17. The minimum absolute atomic E-state index is 0.0498. The van der Waals surface area contributed by atoms with Gasteiger partial charge in [-0.05, 0) is 67.5 Å². The number of fused-ring (bicyclic) bond motifs is 2. The topological polar surface area (TPSA) is 38.3 Å². The Labute approximate surface area is 159 Å². The molecule has 2 bridgehead atoms. The van der Waals surface area contributed by atoms with E-state index in [2.05, 4.69) is 17.4 Å². The Morgan fingerprint density at radius 3 is 2.54 bits per heavy atom. The molecular formula is C22H25NO2S. The van der Waals surface area contributed by atoms with Crippen molar-refractivity contribution in [1.82, 2.24) is 5.32 Å². The predicted molar refractivity (Wildman–Crippen MR) is 106 cm³/mol. The third-order valence-electron chi connectivity index (χ3n) is 5.54. The van der Waals surface area contributed by atoms with Gasteiger partial charge in [0.2, 0.25) is 0 Å². The monoisotopic (exact) mass is 367 g/mol. The van der Waals surface area contributed by atoms with Gasteiger partial charge in [0, 0.05) is 22.3 Å². The van der Waals surface area contributed by atoms with Gasteiger partial charge in [-0.3, -0.25) is 4.79 Å².